The Morgan fingerprint density at radius 3 is 2.32 bits per heavy atom. The molecule has 1 aliphatic rings. The van der Waals surface area contributed by atoms with Crippen LogP contribution in [0, 0.1) is 17.5 Å². The molecule has 1 atom stereocenters. The summed E-state index contributed by atoms with van der Waals surface area (Å²) in [5, 5.41) is 0. The summed E-state index contributed by atoms with van der Waals surface area (Å²) in [7, 11) is -3.77. The predicted molar refractivity (Wildman–Crippen MR) is 55.3 cm³/mol. The van der Waals surface area contributed by atoms with Gasteiger partial charge in [-0.3, -0.25) is 4.18 Å². The summed E-state index contributed by atoms with van der Waals surface area (Å²) >= 11 is 0. The highest BCUT2D eigenvalue weighted by molar-refractivity contribution is 7.87. The van der Waals surface area contributed by atoms with Crippen molar-refractivity contribution < 1.29 is 35.3 Å². The maximum absolute atomic E-state index is 13.3. The van der Waals surface area contributed by atoms with Gasteiger partial charge in [0.2, 0.25) is 0 Å². The Bertz CT molecular complexity index is 605. The summed E-state index contributed by atoms with van der Waals surface area (Å²) in [6.07, 6.45) is -1.15. The maximum Gasteiger partial charge on any atom is 0.344 e. The van der Waals surface area contributed by atoms with Crippen LogP contribution in [-0.2, 0) is 19.0 Å². The van der Waals surface area contributed by atoms with Crippen LogP contribution >= 0.6 is 0 Å². The maximum atomic E-state index is 13.3. The zero-order valence-corrected chi connectivity index (χ0v) is 10.0. The Labute approximate surface area is 106 Å². The Balaban J connectivity index is 2.18. The number of carbonyl (C=O) groups excluding carboxylic acids is 1. The van der Waals surface area contributed by atoms with Gasteiger partial charge in [0.1, 0.15) is 41.5 Å². The normalized spacial score (nSPS) is 21.3. The highest BCUT2D eigenvalue weighted by Crippen LogP contribution is 2.19. The summed E-state index contributed by atoms with van der Waals surface area (Å²) in [6.45, 7) is -0.418. The predicted octanol–water partition coefficient (Wildman–Crippen LogP) is 0.989. The molecule has 0 aliphatic carbocycles. The number of halogens is 3. The minimum atomic E-state index is -3.77. The second kappa shape index (κ2) is 4.82. The van der Waals surface area contributed by atoms with Gasteiger partial charge in [-0.1, -0.05) is 0 Å². The summed E-state index contributed by atoms with van der Waals surface area (Å²) in [6, 6.07) is 0.642. The fourth-order valence-electron chi connectivity index (χ4n) is 1.52. The van der Waals surface area contributed by atoms with Crippen LogP contribution in [0.2, 0.25) is 0 Å². The van der Waals surface area contributed by atoms with Gasteiger partial charge in [0.15, 0.2) is 0 Å². The molecule has 0 saturated carbocycles. The molecule has 2 rings (SSSR count). The Kier molecular flexibility index (Phi) is 3.50. The molecule has 1 heterocycles. The second-order valence-corrected chi connectivity index (χ2v) is 5.47. The standard InChI is InChI=1S/C10H7F3O5S/c11-5-1-7(12)9(8(13)2-5)10(14)18-6-3-17-19(15,16)4-6/h1-2,6H,3-4H2. The minimum Gasteiger partial charge on any atom is -0.455 e. The van der Waals surface area contributed by atoms with Crippen molar-refractivity contribution in [1.82, 2.24) is 0 Å². The largest absolute Gasteiger partial charge is 0.455 e. The molecule has 1 fully saturated rings. The van der Waals surface area contributed by atoms with E-state index in [2.05, 4.69) is 8.92 Å². The van der Waals surface area contributed by atoms with Crippen molar-refractivity contribution in [3.05, 3.63) is 35.1 Å². The molecule has 9 heteroatoms. The Morgan fingerprint density at radius 2 is 1.84 bits per heavy atom. The molecule has 0 amide bonds. The number of rotatable bonds is 2. The first kappa shape index (κ1) is 13.8. The molecular formula is C10H7F3O5S. The lowest BCUT2D eigenvalue weighted by Crippen LogP contribution is -2.23. The van der Waals surface area contributed by atoms with Gasteiger partial charge in [-0.05, 0) is 0 Å². The van der Waals surface area contributed by atoms with E-state index in [1.54, 1.807) is 0 Å². The van der Waals surface area contributed by atoms with Gasteiger partial charge < -0.3 is 4.74 Å². The molecule has 104 valence electrons. The first-order valence-corrected chi connectivity index (χ1v) is 6.59. The molecule has 0 N–H and O–H groups in total. The molecule has 1 aromatic carbocycles. The zero-order valence-electron chi connectivity index (χ0n) is 9.23. The second-order valence-electron chi connectivity index (χ2n) is 3.78. The number of hydrogen-bond donors (Lipinski definition) is 0. The van der Waals surface area contributed by atoms with Crippen LogP contribution in [0.25, 0.3) is 0 Å². The molecule has 1 saturated heterocycles. The highest BCUT2D eigenvalue weighted by atomic mass is 32.2. The summed E-state index contributed by atoms with van der Waals surface area (Å²) in [4.78, 5) is 11.5. The number of hydrogen-bond acceptors (Lipinski definition) is 5. The van der Waals surface area contributed by atoms with E-state index in [4.69, 9.17) is 0 Å². The van der Waals surface area contributed by atoms with E-state index in [1.807, 2.05) is 0 Å². The molecule has 0 spiro atoms. The first-order valence-electron chi connectivity index (χ1n) is 5.01. The van der Waals surface area contributed by atoms with Crippen LogP contribution < -0.4 is 0 Å². The van der Waals surface area contributed by atoms with E-state index >= 15 is 0 Å². The van der Waals surface area contributed by atoms with Crippen LogP contribution in [0.15, 0.2) is 12.1 Å². The number of esters is 1. The third-order valence-electron chi connectivity index (χ3n) is 2.31. The van der Waals surface area contributed by atoms with Crippen molar-refractivity contribution in [1.29, 1.82) is 0 Å². The first-order chi connectivity index (χ1) is 8.78. The van der Waals surface area contributed by atoms with E-state index in [0.717, 1.165) is 0 Å². The van der Waals surface area contributed by atoms with E-state index in [1.165, 1.54) is 0 Å². The Hall–Kier alpha value is -1.61. The fraction of sp³-hybridized carbons (Fsp3) is 0.300. The molecule has 19 heavy (non-hydrogen) atoms. The van der Waals surface area contributed by atoms with Gasteiger partial charge in [-0.15, -0.1) is 0 Å². The third kappa shape index (κ3) is 3.04. The smallest absolute Gasteiger partial charge is 0.344 e. The van der Waals surface area contributed by atoms with Crippen molar-refractivity contribution in [2.45, 2.75) is 6.10 Å². The molecular weight excluding hydrogens is 289 g/mol. The van der Waals surface area contributed by atoms with Gasteiger partial charge in [-0.2, -0.15) is 8.42 Å². The lowest BCUT2D eigenvalue weighted by Gasteiger charge is -2.10. The average molecular weight is 296 g/mol. The molecule has 1 unspecified atom stereocenters. The summed E-state index contributed by atoms with van der Waals surface area (Å²) in [5.74, 6) is -6.05. The van der Waals surface area contributed by atoms with Crippen LogP contribution in [0.5, 0.6) is 0 Å². The van der Waals surface area contributed by atoms with Crippen molar-refractivity contribution >= 4 is 16.1 Å². The molecule has 0 radical (unpaired) electrons. The summed E-state index contributed by atoms with van der Waals surface area (Å²) in [5.41, 5.74) is -1.08. The lowest BCUT2D eigenvalue weighted by atomic mass is 10.2. The lowest BCUT2D eigenvalue weighted by molar-refractivity contribution is 0.0291. The molecule has 1 aromatic rings. The SMILES string of the molecule is O=C(OC1COS(=O)(=O)C1)c1c(F)cc(F)cc1F. The Morgan fingerprint density at radius 1 is 1.26 bits per heavy atom. The van der Waals surface area contributed by atoms with Gasteiger partial charge in [0.25, 0.3) is 10.1 Å². The van der Waals surface area contributed by atoms with Crippen LogP contribution in [0.4, 0.5) is 13.2 Å². The van der Waals surface area contributed by atoms with Gasteiger partial charge in [-0.25, -0.2) is 18.0 Å². The van der Waals surface area contributed by atoms with Crippen molar-refractivity contribution in [3.63, 3.8) is 0 Å². The van der Waals surface area contributed by atoms with Crippen LogP contribution in [-0.4, -0.2) is 32.9 Å². The monoisotopic (exact) mass is 296 g/mol. The van der Waals surface area contributed by atoms with E-state index in [9.17, 15) is 26.4 Å². The van der Waals surface area contributed by atoms with Crippen LogP contribution in [0.3, 0.4) is 0 Å². The van der Waals surface area contributed by atoms with E-state index in [0.29, 0.717) is 12.1 Å². The van der Waals surface area contributed by atoms with E-state index in [-0.39, 0.29) is 0 Å². The number of benzene rings is 1. The quantitative estimate of drug-likeness (QED) is 0.601. The third-order valence-corrected chi connectivity index (χ3v) is 3.58. The highest BCUT2D eigenvalue weighted by Gasteiger charge is 2.33. The number of carbonyl (C=O) groups is 1. The topological polar surface area (TPSA) is 69.7 Å². The van der Waals surface area contributed by atoms with Crippen LogP contribution in [0.1, 0.15) is 10.4 Å². The van der Waals surface area contributed by atoms with Gasteiger partial charge in [0, 0.05) is 12.1 Å². The molecule has 5 nitrogen and oxygen atoms in total. The zero-order chi connectivity index (χ0) is 14.2. The van der Waals surface area contributed by atoms with Crippen molar-refractivity contribution in [3.8, 4) is 0 Å². The molecule has 0 bridgehead atoms. The number of ether oxygens (including phenoxy) is 1. The van der Waals surface area contributed by atoms with Gasteiger partial charge in [0.05, 0.1) is 0 Å². The average Bonchev–Trinajstić information content (AvgIpc) is 2.56. The fourth-order valence-corrected chi connectivity index (χ4v) is 2.59. The summed E-state index contributed by atoms with van der Waals surface area (Å²) < 4.78 is 69.9. The van der Waals surface area contributed by atoms with E-state index < -0.39 is 57.6 Å². The molecule has 1 aliphatic heterocycles. The minimum absolute atomic E-state index is 0.321. The van der Waals surface area contributed by atoms with Gasteiger partial charge >= 0.3 is 5.97 Å². The molecule has 0 aromatic heterocycles. The van der Waals surface area contributed by atoms with Crippen molar-refractivity contribution in [2.24, 2.45) is 0 Å². The van der Waals surface area contributed by atoms with Crippen molar-refractivity contribution in [2.75, 3.05) is 12.4 Å².